The highest BCUT2D eigenvalue weighted by Gasteiger charge is 2.11. The fourth-order valence-electron chi connectivity index (χ4n) is 0. The fourth-order valence-corrected chi connectivity index (χ4v) is 0. The van der Waals surface area contributed by atoms with E-state index in [1.54, 1.807) is 0 Å². The molecule has 0 nitrogen and oxygen atoms in total. The Balaban J connectivity index is 0. The van der Waals surface area contributed by atoms with Crippen LogP contribution in [0.15, 0.2) is 0 Å². The lowest BCUT2D eigenvalue weighted by Crippen LogP contribution is -1.99. The molecule has 0 unspecified atom stereocenters. The normalized spacial score (nSPS) is 10.7. The van der Waals surface area contributed by atoms with Crippen molar-refractivity contribution in [3.8, 4) is 0 Å². The molecular formula is C8H18BrClMg2. The van der Waals surface area contributed by atoms with Gasteiger partial charge in [0.1, 0.15) is 0 Å². The first-order valence-corrected chi connectivity index (χ1v) is 11.7. The van der Waals surface area contributed by atoms with Crippen molar-refractivity contribution in [2.45, 2.75) is 48.6 Å². The topological polar surface area (TPSA) is 0 Å². The molecule has 0 aliphatic carbocycles. The summed E-state index contributed by atoms with van der Waals surface area (Å²) in [6, 6.07) is 0. The van der Waals surface area contributed by atoms with Gasteiger partial charge in [0, 0.05) is 0 Å². The lowest BCUT2D eigenvalue weighted by atomic mass is 10.2. The van der Waals surface area contributed by atoms with Crippen molar-refractivity contribution in [2.75, 3.05) is 0 Å². The molecule has 0 heterocycles. The van der Waals surface area contributed by atoms with Crippen LogP contribution in [0.5, 0.6) is 0 Å². The van der Waals surface area contributed by atoms with Crippen LogP contribution >= 0.6 is 22.0 Å². The van der Waals surface area contributed by atoms with E-state index in [4.69, 9.17) is 9.07 Å². The van der Waals surface area contributed by atoms with Crippen molar-refractivity contribution in [3.63, 3.8) is 0 Å². The summed E-state index contributed by atoms with van der Waals surface area (Å²) in [4.78, 5) is 0. The lowest BCUT2D eigenvalue weighted by molar-refractivity contribution is 0.763. The van der Waals surface area contributed by atoms with Crippen molar-refractivity contribution in [3.05, 3.63) is 0 Å². The summed E-state index contributed by atoms with van der Waals surface area (Å²) in [5, 5.41) is 0. The minimum Gasteiger partial charge on any atom is -0.345 e. The molecule has 0 aromatic heterocycles. The standard InChI is InChI=1S/2C4H9.BrH.ClH.2Mg/c2*1-4(2)3;;;;/h2*1-3H3;2*1H;;/q;;;;2*+1/p-2. The Kier molecular flexibility index (Phi) is 10.6. The molecule has 0 rings (SSSR count). The molecule has 0 spiro atoms. The van der Waals surface area contributed by atoms with Gasteiger partial charge in [-0.05, 0) is 0 Å². The molecule has 0 amide bonds. The minimum atomic E-state index is -0.275. The Bertz CT molecular complexity index is 90.6. The Morgan fingerprint density at radius 3 is 1.08 bits per heavy atom. The van der Waals surface area contributed by atoms with Crippen LogP contribution in [0.2, 0.25) is 7.09 Å². The maximum Gasteiger partial charge on any atom is 0.506 e. The highest BCUT2D eigenvalue weighted by molar-refractivity contribution is 9.23. The van der Waals surface area contributed by atoms with E-state index in [-0.39, 0.29) is 37.5 Å². The summed E-state index contributed by atoms with van der Waals surface area (Å²) >= 11 is 3.30. The van der Waals surface area contributed by atoms with Crippen LogP contribution in [0.25, 0.3) is 0 Å². The van der Waals surface area contributed by atoms with E-state index in [0.29, 0.717) is 7.09 Å². The molecule has 68 valence electrons. The van der Waals surface area contributed by atoms with Crippen LogP contribution < -0.4 is 0 Å². The summed E-state index contributed by atoms with van der Waals surface area (Å²) in [6.45, 7) is 13.3. The molecule has 12 heavy (non-hydrogen) atoms. The SMILES string of the molecule is C[C](C)(C)[Mg][Br].C[C](C)(C)[Mg][Cl]. The van der Waals surface area contributed by atoms with Crippen LogP contribution in [0, 0.1) is 0 Å². The zero-order valence-electron chi connectivity index (χ0n) is 9.17. The molecule has 0 saturated heterocycles. The highest BCUT2D eigenvalue weighted by atomic mass is 79.9. The molecule has 0 aromatic rings. The zero-order chi connectivity index (χ0) is 10.4. The van der Waals surface area contributed by atoms with Crippen molar-refractivity contribution in [1.82, 2.24) is 0 Å². The van der Waals surface area contributed by atoms with E-state index in [1.165, 1.54) is 0 Å². The first kappa shape index (κ1) is 16.7. The lowest BCUT2D eigenvalue weighted by Gasteiger charge is -2.10. The third-order valence-corrected chi connectivity index (χ3v) is 9.86. The second-order valence-electron chi connectivity index (χ2n) is 5.39. The highest BCUT2D eigenvalue weighted by Crippen LogP contribution is 2.21. The van der Waals surface area contributed by atoms with E-state index in [0.717, 1.165) is 0 Å². The van der Waals surface area contributed by atoms with E-state index in [2.05, 4.69) is 54.4 Å². The van der Waals surface area contributed by atoms with Gasteiger partial charge in [0.25, 0.3) is 0 Å². The van der Waals surface area contributed by atoms with Crippen LogP contribution in [-0.2, 0) is 0 Å². The van der Waals surface area contributed by atoms with Crippen LogP contribution in [0.1, 0.15) is 41.5 Å². The molecule has 0 fully saturated rings. The van der Waals surface area contributed by atoms with Crippen molar-refractivity contribution in [2.24, 2.45) is 0 Å². The van der Waals surface area contributed by atoms with Gasteiger partial charge in [-0.3, -0.25) is 0 Å². The summed E-state index contributed by atoms with van der Waals surface area (Å²) in [5.41, 5.74) is 0. The van der Waals surface area contributed by atoms with Gasteiger partial charge >= 0.3 is 37.5 Å². The smallest absolute Gasteiger partial charge is 0.345 e. The molecule has 0 aliphatic heterocycles. The fraction of sp³-hybridized carbons (Fsp3) is 1.00. The quantitative estimate of drug-likeness (QED) is 0.580. The second kappa shape index (κ2) is 7.58. The van der Waals surface area contributed by atoms with Gasteiger partial charge in [0.15, 0.2) is 0 Å². The monoisotopic (exact) mass is 276 g/mol. The predicted octanol–water partition coefficient (Wildman–Crippen LogP) is 4.28. The van der Waals surface area contributed by atoms with Gasteiger partial charge in [-0.25, -0.2) is 0 Å². The second-order valence-corrected chi connectivity index (χ2v) is 12.6. The zero-order valence-corrected chi connectivity index (χ0v) is 14.3. The Hall–Kier alpha value is 2.30. The molecule has 0 bridgehead atoms. The van der Waals surface area contributed by atoms with E-state index in [9.17, 15) is 0 Å². The molecule has 0 radical (unpaired) electrons. The number of halogens is 2. The first-order valence-electron chi connectivity index (χ1n) is 4.24. The third-order valence-electron chi connectivity index (χ3n) is 0.802. The van der Waals surface area contributed by atoms with E-state index < -0.39 is 0 Å². The largest absolute Gasteiger partial charge is 0.506 e. The Morgan fingerprint density at radius 2 is 1.08 bits per heavy atom. The average Bonchev–Trinajstić information content (AvgIpc) is 1.86. The van der Waals surface area contributed by atoms with Crippen molar-refractivity contribution >= 4 is 59.4 Å². The van der Waals surface area contributed by atoms with Crippen molar-refractivity contribution < 1.29 is 0 Å². The van der Waals surface area contributed by atoms with Gasteiger partial charge in [-0.2, -0.15) is 0 Å². The molecule has 0 aromatic carbocycles. The maximum atomic E-state index is 5.62. The molecule has 0 saturated carbocycles. The maximum absolute atomic E-state index is 5.62. The summed E-state index contributed by atoms with van der Waals surface area (Å²) < 4.78 is 1.04. The molecule has 0 aliphatic rings. The predicted molar refractivity (Wildman–Crippen MR) is 65.7 cm³/mol. The summed E-state index contributed by atoms with van der Waals surface area (Å²) in [5.74, 6) is 0. The van der Waals surface area contributed by atoms with Gasteiger partial charge < -0.3 is 22.0 Å². The molecule has 0 N–H and O–H groups in total. The molecule has 0 atom stereocenters. The molecule has 4 heteroatoms. The van der Waals surface area contributed by atoms with Gasteiger partial charge in [0.05, 0.1) is 0 Å². The minimum absolute atomic E-state index is 0.0648. The van der Waals surface area contributed by atoms with Gasteiger partial charge in [-0.1, -0.05) is 41.5 Å². The van der Waals surface area contributed by atoms with Gasteiger partial charge in [0.2, 0.25) is 0 Å². The Labute approximate surface area is 107 Å². The Morgan fingerprint density at radius 1 is 0.917 bits per heavy atom. The number of hydrogen-bond acceptors (Lipinski definition) is 0. The number of hydrogen-bond donors (Lipinski definition) is 0. The van der Waals surface area contributed by atoms with E-state index >= 15 is 0 Å². The third kappa shape index (κ3) is 22.8. The summed E-state index contributed by atoms with van der Waals surface area (Å²) in [7, 11) is 5.62. The van der Waals surface area contributed by atoms with Gasteiger partial charge in [-0.15, -0.1) is 7.09 Å². The average molecular weight is 278 g/mol. The van der Waals surface area contributed by atoms with Crippen LogP contribution in [0.4, 0.5) is 0 Å². The van der Waals surface area contributed by atoms with Crippen LogP contribution in [-0.4, -0.2) is 37.5 Å². The van der Waals surface area contributed by atoms with Crippen LogP contribution in [0.3, 0.4) is 0 Å². The number of rotatable bonds is 0. The van der Waals surface area contributed by atoms with E-state index in [1.807, 2.05) is 0 Å². The van der Waals surface area contributed by atoms with Crippen molar-refractivity contribution in [1.29, 1.82) is 0 Å². The first-order chi connectivity index (χ1) is 5.12. The summed E-state index contributed by atoms with van der Waals surface area (Å²) in [6.07, 6.45) is 0. The molecular weight excluding hydrogens is 260 g/mol.